The van der Waals surface area contributed by atoms with E-state index in [1.54, 1.807) is 24.3 Å². The summed E-state index contributed by atoms with van der Waals surface area (Å²) in [4.78, 5) is 11.5. The number of ether oxygens (including phenoxy) is 2. The predicted molar refractivity (Wildman–Crippen MR) is 84.5 cm³/mol. The van der Waals surface area contributed by atoms with Gasteiger partial charge in [0.05, 0.1) is 7.11 Å². The first-order chi connectivity index (χ1) is 10.1. The topological polar surface area (TPSA) is 35.5 Å². The van der Waals surface area contributed by atoms with Crippen LogP contribution in [0.15, 0.2) is 42.5 Å². The van der Waals surface area contributed by atoms with E-state index in [2.05, 4.69) is 4.74 Å². The van der Waals surface area contributed by atoms with E-state index in [9.17, 15) is 4.79 Å². The second-order valence-electron chi connectivity index (χ2n) is 4.49. The summed E-state index contributed by atoms with van der Waals surface area (Å²) in [6, 6.07) is 12.7. The molecule has 0 bridgehead atoms. The zero-order chi connectivity index (χ0) is 15.0. The van der Waals surface area contributed by atoms with Gasteiger partial charge in [-0.15, -0.1) is 0 Å². The average Bonchev–Trinajstić information content (AvgIpc) is 2.47. The van der Waals surface area contributed by atoms with Crippen molar-refractivity contribution in [3.05, 3.63) is 52.5 Å². The number of fused-ring (bicyclic) bond motifs is 2. The Kier molecular flexibility index (Phi) is 3.62. The Morgan fingerprint density at radius 2 is 1.62 bits per heavy atom. The maximum Gasteiger partial charge on any atom is 0.513 e. The summed E-state index contributed by atoms with van der Waals surface area (Å²) in [5, 5.41) is 4.44. The van der Waals surface area contributed by atoms with Gasteiger partial charge in [0.2, 0.25) is 0 Å². The summed E-state index contributed by atoms with van der Waals surface area (Å²) in [7, 11) is 1.26. The molecule has 5 heteroatoms. The molecule has 0 aromatic heterocycles. The van der Waals surface area contributed by atoms with Crippen LogP contribution < -0.4 is 4.74 Å². The first-order valence-electron chi connectivity index (χ1n) is 6.16. The fourth-order valence-electron chi connectivity index (χ4n) is 2.26. The normalized spacial score (nSPS) is 10.8. The van der Waals surface area contributed by atoms with Crippen LogP contribution in [0.2, 0.25) is 10.0 Å². The molecule has 0 saturated carbocycles. The summed E-state index contributed by atoms with van der Waals surface area (Å²) in [6.45, 7) is 0. The van der Waals surface area contributed by atoms with Crippen molar-refractivity contribution in [2.75, 3.05) is 7.11 Å². The molecule has 3 aromatic rings. The Morgan fingerprint density at radius 1 is 0.905 bits per heavy atom. The third-order valence-corrected chi connectivity index (χ3v) is 3.65. The van der Waals surface area contributed by atoms with Gasteiger partial charge >= 0.3 is 6.16 Å². The third-order valence-electron chi connectivity index (χ3n) is 3.18. The fourth-order valence-corrected chi connectivity index (χ4v) is 2.61. The number of hydrogen-bond acceptors (Lipinski definition) is 3. The van der Waals surface area contributed by atoms with Gasteiger partial charge in [0, 0.05) is 20.8 Å². The molecule has 0 amide bonds. The van der Waals surface area contributed by atoms with Gasteiger partial charge in [-0.3, -0.25) is 0 Å². The molecule has 0 radical (unpaired) electrons. The van der Waals surface area contributed by atoms with Crippen molar-refractivity contribution in [3.8, 4) is 5.75 Å². The minimum atomic E-state index is -0.779. The van der Waals surface area contributed by atoms with Gasteiger partial charge in [0.25, 0.3) is 0 Å². The predicted octanol–water partition coefficient (Wildman–Crippen LogP) is 5.45. The SMILES string of the molecule is COC(=O)Oc1c2ccc(Cl)cc2cc2ccc(Cl)cc12. The molecule has 0 N–H and O–H groups in total. The fraction of sp³-hybridized carbons (Fsp3) is 0.0625. The number of carbonyl (C=O) groups is 1. The molecule has 3 nitrogen and oxygen atoms in total. The van der Waals surface area contributed by atoms with E-state index in [1.807, 2.05) is 18.2 Å². The van der Waals surface area contributed by atoms with Crippen LogP contribution in [0.1, 0.15) is 0 Å². The second kappa shape index (κ2) is 5.43. The van der Waals surface area contributed by atoms with Gasteiger partial charge in [-0.2, -0.15) is 0 Å². The second-order valence-corrected chi connectivity index (χ2v) is 5.37. The highest BCUT2D eigenvalue weighted by atomic mass is 35.5. The number of hydrogen-bond donors (Lipinski definition) is 0. The van der Waals surface area contributed by atoms with Crippen molar-refractivity contribution in [1.82, 2.24) is 0 Å². The molecule has 3 aromatic carbocycles. The van der Waals surface area contributed by atoms with E-state index in [0.29, 0.717) is 15.8 Å². The molecular weight excluding hydrogens is 311 g/mol. The van der Waals surface area contributed by atoms with Crippen LogP contribution >= 0.6 is 23.2 Å². The summed E-state index contributed by atoms with van der Waals surface area (Å²) in [5.41, 5.74) is 0. The molecule has 0 aliphatic rings. The van der Waals surface area contributed by atoms with Crippen molar-refractivity contribution in [2.45, 2.75) is 0 Å². The molecule has 0 atom stereocenters. The van der Waals surface area contributed by atoms with Gasteiger partial charge < -0.3 is 9.47 Å². The Balaban J connectivity index is 2.39. The van der Waals surface area contributed by atoms with Gasteiger partial charge in [0.1, 0.15) is 5.75 Å². The molecule has 0 aliphatic carbocycles. The molecule has 0 aliphatic heterocycles. The summed E-state index contributed by atoms with van der Waals surface area (Å²) in [5.74, 6) is 0.411. The van der Waals surface area contributed by atoms with Crippen LogP contribution in [0.3, 0.4) is 0 Å². The lowest BCUT2D eigenvalue weighted by molar-refractivity contribution is 0.122. The molecule has 0 fully saturated rings. The minimum Gasteiger partial charge on any atom is -0.437 e. The largest absolute Gasteiger partial charge is 0.513 e. The average molecular weight is 321 g/mol. The highest BCUT2D eigenvalue weighted by Crippen LogP contribution is 2.37. The van der Waals surface area contributed by atoms with Gasteiger partial charge in [-0.1, -0.05) is 29.3 Å². The lowest BCUT2D eigenvalue weighted by Gasteiger charge is -2.11. The molecule has 3 rings (SSSR count). The summed E-state index contributed by atoms with van der Waals surface area (Å²) < 4.78 is 9.91. The first kappa shape index (κ1) is 14.0. The standard InChI is InChI=1S/C16H10Cl2O3/c1-20-16(19)21-15-13-5-4-11(17)7-10(13)6-9-2-3-12(18)8-14(9)15/h2-8H,1H3. The smallest absolute Gasteiger partial charge is 0.437 e. The van der Waals surface area contributed by atoms with Gasteiger partial charge in [-0.25, -0.2) is 4.79 Å². The summed E-state index contributed by atoms with van der Waals surface area (Å²) >= 11 is 12.1. The zero-order valence-electron chi connectivity index (χ0n) is 11.0. The molecule has 0 heterocycles. The van der Waals surface area contributed by atoms with Crippen LogP contribution in [0.5, 0.6) is 5.75 Å². The van der Waals surface area contributed by atoms with E-state index >= 15 is 0 Å². The Bertz CT molecular complexity index is 859. The highest BCUT2D eigenvalue weighted by molar-refractivity contribution is 6.32. The van der Waals surface area contributed by atoms with Crippen LogP contribution in [0, 0.1) is 0 Å². The molecule has 0 saturated heterocycles. The quantitative estimate of drug-likeness (QED) is 0.340. The van der Waals surface area contributed by atoms with Crippen LogP contribution in [0.4, 0.5) is 4.79 Å². The van der Waals surface area contributed by atoms with Crippen LogP contribution in [-0.4, -0.2) is 13.3 Å². The first-order valence-corrected chi connectivity index (χ1v) is 6.91. The minimum absolute atomic E-state index is 0.411. The number of rotatable bonds is 1. The van der Waals surface area contributed by atoms with E-state index in [1.165, 1.54) is 7.11 Å². The molecule has 0 unspecified atom stereocenters. The van der Waals surface area contributed by atoms with Crippen molar-refractivity contribution in [3.63, 3.8) is 0 Å². The molecule has 106 valence electrons. The van der Waals surface area contributed by atoms with Crippen LogP contribution in [-0.2, 0) is 4.74 Å². The van der Waals surface area contributed by atoms with E-state index in [-0.39, 0.29) is 0 Å². The van der Waals surface area contributed by atoms with Gasteiger partial charge in [-0.05, 0) is 47.2 Å². The van der Waals surface area contributed by atoms with E-state index in [4.69, 9.17) is 27.9 Å². The summed E-state index contributed by atoms with van der Waals surface area (Å²) in [6.07, 6.45) is -0.779. The van der Waals surface area contributed by atoms with Gasteiger partial charge in [0.15, 0.2) is 0 Å². The Hall–Kier alpha value is -1.97. The molecule has 0 spiro atoms. The number of carbonyl (C=O) groups excluding carboxylic acids is 1. The molecular formula is C16H10Cl2O3. The Morgan fingerprint density at radius 3 is 2.38 bits per heavy atom. The van der Waals surface area contributed by atoms with E-state index < -0.39 is 6.16 Å². The monoisotopic (exact) mass is 320 g/mol. The number of methoxy groups -OCH3 is 1. The highest BCUT2D eigenvalue weighted by Gasteiger charge is 2.14. The maximum atomic E-state index is 11.5. The van der Waals surface area contributed by atoms with E-state index in [0.717, 1.165) is 21.5 Å². The third kappa shape index (κ3) is 2.62. The van der Waals surface area contributed by atoms with Crippen molar-refractivity contribution in [1.29, 1.82) is 0 Å². The maximum absolute atomic E-state index is 11.5. The van der Waals surface area contributed by atoms with Crippen molar-refractivity contribution >= 4 is 50.9 Å². The molecule has 21 heavy (non-hydrogen) atoms. The number of benzene rings is 3. The van der Waals surface area contributed by atoms with Crippen molar-refractivity contribution in [2.24, 2.45) is 0 Å². The zero-order valence-corrected chi connectivity index (χ0v) is 12.5. The Labute approximate surface area is 131 Å². The van der Waals surface area contributed by atoms with Crippen molar-refractivity contribution < 1.29 is 14.3 Å². The lowest BCUT2D eigenvalue weighted by atomic mass is 10.0. The van der Waals surface area contributed by atoms with Crippen LogP contribution in [0.25, 0.3) is 21.5 Å². The lowest BCUT2D eigenvalue weighted by Crippen LogP contribution is -2.08. The number of halogens is 2.